The number of rotatable bonds is 3. The van der Waals surface area contributed by atoms with E-state index < -0.39 is 0 Å². The third kappa shape index (κ3) is 2.90. The van der Waals surface area contributed by atoms with E-state index >= 15 is 0 Å². The molecule has 1 saturated heterocycles. The highest BCUT2D eigenvalue weighted by Gasteiger charge is 2.21. The van der Waals surface area contributed by atoms with Crippen LogP contribution in [0.3, 0.4) is 0 Å². The first-order valence-electron chi connectivity index (χ1n) is 9.29. The van der Waals surface area contributed by atoms with Crippen molar-refractivity contribution < 1.29 is 4.74 Å². The average Bonchev–Trinajstić information content (AvgIpc) is 3.12. The quantitative estimate of drug-likeness (QED) is 0.568. The number of nitrogens with one attached hydrogen (secondary N) is 1. The summed E-state index contributed by atoms with van der Waals surface area (Å²) in [6.45, 7) is 3.66. The molecule has 7 heteroatoms. The van der Waals surface area contributed by atoms with Gasteiger partial charge in [-0.25, -0.2) is 9.97 Å². The minimum Gasteiger partial charge on any atom is -0.497 e. The van der Waals surface area contributed by atoms with Crippen molar-refractivity contribution in [2.24, 2.45) is 0 Å². The zero-order chi connectivity index (χ0) is 19.1. The molecule has 0 saturated carbocycles. The first-order chi connectivity index (χ1) is 13.7. The average molecular weight is 394 g/mol. The molecule has 0 atom stereocenters. The van der Waals surface area contributed by atoms with E-state index in [-0.39, 0.29) is 0 Å². The van der Waals surface area contributed by atoms with Crippen molar-refractivity contribution in [1.82, 2.24) is 15.0 Å². The van der Waals surface area contributed by atoms with E-state index in [1.54, 1.807) is 13.4 Å². The number of piperazine rings is 1. The van der Waals surface area contributed by atoms with Gasteiger partial charge in [-0.3, -0.25) is 0 Å². The van der Waals surface area contributed by atoms with Gasteiger partial charge in [0.1, 0.15) is 23.1 Å². The number of hydrogen-bond acceptors (Lipinski definition) is 5. The maximum absolute atomic E-state index is 6.01. The minimum atomic E-state index is 0.765. The summed E-state index contributed by atoms with van der Waals surface area (Å²) < 4.78 is 5.35. The van der Waals surface area contributed by atoms with E-state index in [0.29, 0.717) is 0 Å². The Labute approximate surface area is 167 Å². The molecule has 0 unspecified atom stereocenters. The summed E-state index contributed by atoms with van der Waals surface area (Å²) in [5, 5.41) is 1.85. The van der Waals surface area contributed by atoms with Crippen LogP contribution in [-0.4, -0.2) is 48.2 Å². The highest BCUT2D eigenvalue weighted by molar-refractivity contribution is 6.30. The topological polar surface area (TPSA) is 57.3 Å². The second kappa shape index (κ2) is 6.87. The van der Waals surface area contributed by atoms with Crippen LogP contribution in [0, 0.1) is 0 Å². The van der Waals surface area contributed by atoms with E-state index in [1.165, 1.54) is 5.69 Å². The number of aromatic nitrogens is 3. The zero-order valence-electron chi connectivity index (χ0n) is 15.5. The number of hydrogen-bond donors (Lipinski definition) is 1. The lowest BCUT2D eigenvalue weighted by molar-refractivity contribution is 0.415. The fraction of sp³-hybridized carbons (Fsp3) is 0.238. The fourth-order valence-corrected chi connectivity index (χ4v) is 3.98. The van der Waals surface area contributed by atoms with Gasteiger partial charge in [-0.2, -0.15) is 0 Å². The largest absolute Gasteiger partial charge is 0.497 e. The maximum Gasteiger partial charge on any atom is 0.156 e. The summed E-state index contributed by atoms with van der Waals surface area (Å²) >= 11 is 6.01. The van der Waals surface area contributed by atoms with Crippen molar-refractivity contribution in [1.29, 1.82) is 0 Å². The van der Waals surface area contributed by atoms with Crippen molar-refractivity contribution in [3.05, 3.63) is 53.8 Å². The van der Waals surface area contributed by atoms with Gasteiger partial charge in [-0.1, -0.05) is 11.6 Å². The van der Waals surface area contributed by atoms with Crippen LogP contribution < -0.4 is 14.5 Å². The first-order valence-corrected chi connectivity index (χ1v) is 9.66. The van der Waals surface area contributed by atoms with Crippen molar-refractivity contribution in [3.8, 4) is 5.75 Å². The molecule has 142 valence electrons. The van der Waals surface area contributed by atoms with Gasteiger partial charge in [0.15, 0.2) is 5.82 Å². The van der Waals surface area contributed by atoms with Gasteiger partial charge in [0, 0.05) is 48.3 Å². The maximum atomic E-state index is 6.01. The number of H-pyrrole nitrogens is 1. The van der Waals surface area contributed by atoms with Crippen LogP contribution in [0.4, 0.5) is 11.5 Å². The molecular weight excluding hydrogens is 374 g/mol. The van der Waals surface area contributed by atoms with E-state index in [9.17, 15) is 0 Å². The van der Waals surface area contributed by atoms with Gasteiger partial charge in [0.05, 0.1) is 12.6 Å². The summed E-state index contributed by atoms with van der Waals surface area (Å²) in [5.74, 6) is 1.78. The van der Waals surface area contributed by atoms with Crippen LogP contribution in [-0.2, 0) is 0 Å². The Hall–Kier alpha value is -2.99. The van der Waals surface area contributed by atoms with Gasteiger partial charge in [0.2, 0.25) is 0 Å². The highest BCUT2D eigenvalue weighted by atomic mass is 35.5. The van der Waals surface area contributed by atoms with E-state index in [4.69, 9.17) is 16.3 Å². The molecule has 2 aromatic heterocycles. The SMILES string of the molecule is COc1ccc2c(c1)[nH]c1c(N3CCN(c4ccc(Cl)cc4)CC3)ncnc12. The van der Waals surface area contributed by atoms with E-state index in [1.807, 2.05) is 30.3 Å². The Morgan fingerprint density at radius 1 is 0.964 bits per heavy atom. The standard InChI is InChI=1S/C21H20ClN5O/c1-28-16-6-7-17-18(12-16)25-20-19(17)23-13-24-21(20)27-10-8-26(9-11-27)15-4-2-14(22)3-5-15/h2-7,12-13,25H,8-11H2,1H3. The number of methoxy groups -OCH3 is 1. The molecule has 3 heterocycles. The number of nitrogens with zero attached hydrogens (tertiary/aromatic N) is 4. The number of anilines is 2. The summed E-state index contributed by atoms with van der Waals surface area (Å²) in [5.41, 5.74) is 4.14. The minimum absolute atomic E-state index is 0.765. The molecule has 1 fully saturated rings. The summed E-state index contributed by atoms with van der Waals surface area (Å²) in [6.07, 6.45) is 1.65. The molecule has 0 amide bonds. The number of halogens is 1. The second-order valence-corrected chi connectivity index (χ2v) is 7.34. The molecule has 0 bridgehead atoms. The number of ether oxygens (including phenoxy) is 1. The Morgan fingerprint density at radius 2 is 1.71 bits per heavy atom. The lowest BCUT2D eigenvalue weighted by atomic mass is 10.2. The fourth-order valence-electron chi connectivity index (χ4n) is 3.86. The van der Waals surface area contributed by atoms with Crippen molar-refractivity contribution in [2.45, 2.75) is 0 Å². The molecular formula is C21H20ClN5O. The number of benzene rings is 2. The van der Waals surface area contributed by atoms with Gasteiger partial charge in [-0.15, -0.1) is 0 Å². The van der Waals surface area contributed by atoms with Gasteiger partial charge < -0.3 is 19.5 Å². The summed E-state index contributed by atoms with van der Waals surface area (Å²) in [7, 11) is 1.68. The van der Waals surface area contributed by atoms with Crippen LogP contribution in [0.1, 0.15) is 0 Å². The van der Waals surface area contributed by atoms with Crippen LogP contribution in [0.25, 0.3) is 21.9 Å². The molecule has 6 nitrogen and oxygen atoms in total. The zero-order valence-corrected chi connectivity index (χ0v) is 16.3. The van der Waals surface area contributed by atoms with Gasteiger partial charge in [-0.05, 0) is 36.4 Å². The third-order valence-electron chi connectivity index (χ3n) is 5.34. The molecule has 0 radical (unpaired) electrons. The van der Waals surface area contributed by atoms with Crippen molar-refractivity contribution in [2.75, 3.05) is 43.1 Å². The van der Waals surface area contributed by atoms with E-state index in [2.05, 4.69) is 36.9 Å². The number of fused-ring (bicyclic) bond motifs is 3. The third-order valence-corrected chi connectivity index (χ3v) is 5.59. The molecule has 2 aromatic carbocycles. The normalized spacial score (nSPS) is 14.8. The smallest absolute Gasteiger partial charge is 0.156 e. The highest BCUT2D eigenvalue weighted by Crippen LogP contribution is 2.32. The summed E-state index contributed by atoms with van der Waals surface area (Å²) in [6, 6.07) is 14.0. The summed E-state index contributed by atoms with van der Waals surface area (Å²) in [4.78, 5) is 17.3. The number of aromatic amines is 1. The molecule has 1 aliphatic heterocycles. The van der Waals surface area contributed by atoms with Crippen LogP contribution in [0.15, 0.2) is 48.8 Å². The van der Waals surface area contributed by atoms with Crippen molar-refractivity contribution in [3.63, 3.8) is 0 Å². The van der Waals surface area contributed by atoms with Gasteiger partial charge in [0.25, 0.3) is 0 Å². The molecule has 0 spiro atoms. The molecule has 1 aliphatic rings. The first kappa shape index (κ1) is 17.1. The van der Waals surface area contributed by atoms with Crippen molar-refractivity contribution >= 4 is 45.0 Å². The molecule has 28 heavy (non-hydrogen) atoms. The Balaban J connectivity index is 1.44. The lowest BCUT2D eigenvalue weighted by Gasteiger charge is -2.36. The second-order valence-electron chi connectivity index (χ2n) is 6.91. The predicted octanol–water partition coefficient (Wildman–Crippen LogP) is 4.10. The van der Waals surface area contributed by atoms with Crippen LogP contribution >= 0.6 is 11.6 Å². The Kier molecular flexibility index (Phi) is 4.20. The Bertz CT molecular complexity index is 1130. The van der Waals surface area contributed by atoms with Gasteiger partial charge >= 0.3 is 0 Å². The van der Waals surface area contributed by atoms with E-state index in [0.717, 1.165) is 64.7 Å². The lowest BCUT2D eigenvalue weighted by Crippen LogP contribution is -2.46. The molecule has 5 rings (SSSR count). The van der Waals surface area contributed by atoms with Crippen LogP contribution in [0.2, 0.25) is 5.02 Å². The van der Waals surface area contributed by atoms with Crippen LogP contribution in [0.5, 0.6) is 5.75 Å². The molecule has 4 aromatic rings. The molecule has 1 N–H and O–H groups in total. The predicted molar refractivity (Wildman–Crippen MR) is 114 cm³/mol. The molecule has 0 aliphatic carbocycles. The Morgan fingerprint density at radius 3 is 2.46 bits per heavy atom. The monoisotopic (exact) mass is 393 g/mol.